The highest BCUT2D eigenvalue weighted by Crippen LogP contribution is 2.35. The summed E-state index contributed by atoms with van der Waals surface area (Å²) < 4.78 is 5.35. The molecule has 0 fully saturated rings. The molecular weight excluding hydrogens is 230 g/mol. The van der Waals surface area contributed by atoms with Gasteiger partial charge in [0.25, 0.3) is 0 Å². The van der Waals surface area contributed by atoms with E-state index in [0.717, 1.165) is 24.2 Å². The third-order valence-electron chi connectivity index (χ3n) is 3.46. The molecule has 1 aromatic heterocycles. The van der Waals surface area contributed by atoms with Crippen LogP contribution in [0.5, 0.6) is 0 Å². The molecule has 0 aromatic carbocycles. The molecule has 0 aliphatic heterocycles. The van der Waals surface area contributed by atoms with Gasteiger partial charge in [0, 0.05) is 17.4 Å². The Morgan fingerprint density at radius 1 is 1.56 bits per heavy atom. The number of aliphatic hydroxyl groups is 1. The zero-order valence-electron chi connectivity index (χ0n) is 11.2. The zero-order chi connectivity index (χ0) is 13.4. The lowest BCUT2D eigenvalue weighted by Crippen LogP contribution is -2.45. The first-order valence-corrected chi connectivity index (χ1v) is 6.40. The molecule has 1 atom stereocenters. The summed E-state index contributed by atoms with van der Waals surface area (Å²) in [5.74, 6) is 0.792. The molecule has 100 valence electrons. The van der Waals surface area contributed by atoms with Gasteiger partial charge in [-0.2, -0.15) is 0 Å². The van der Waals surface area contributed by atoms with Crippen molar-refractivity contribution in [2.45, 2.75) is 45.6 Å². The van der Waals surface area contributed by atoms with Crippen LogP contribution in [0.2, 0.25) is 0 Å². The Labute approximate surface area is 107 Å². The highest BCUT2D eigenvalue weighted by atomic mass is 16.3. The summed E-state index contributed by atoms with van der Waals surface area (Å²) in [6.45, 7) is 5.82. The molecule has 4 heteroatoms. The van der Waals surface area contributed by atoms with Crippen LogP contribution >= 0.6 is 0 Å². The van der Waals surface area contributed by atoms with Crippen LogP contribution in [0.25, 0.3) is 0 Å². The Morgan fingerprint density at radius 3 is 2.94 bits per heavy atom. The number of carbonyl (C=O) groups excluding carboxylic acids is 1. The number of furan rings is 1. The lowest BCUT2D eigenvalue weighted by molar-refractivity contribution is -0.130. The van der Waals surface area contributed by atoms with E-state index in [-0.39, 0.29) is 12.5 Å². The number of amides is 1. The normalized spacial score (nSPS) is 23.6. The van der Waals surface area contributed by atoms with Crippen molar-refractivity contribution in [1.29, 1.82) is 0 Å². The van der Waals surface area contributed by atoms with E-state index in [0.29, 0.717) is 6.42 Å². The third-order valence-corrected chi connectivity index (χ3v) is 3.46. The average molecular weight is 251 g/mol. The van der Waals surface area contributed by atoms with E-state index in [1.54, 1.807) is 12.3 Å². The highest BCUT2D eigenvalue weighted by molar-refractivity contribution is 5.81. The molecule has 18 heavy (non-hydrogen) atoms. The smallest absolute Gasteiger partial charge is 0.225 e. The third kappa shape index (κ3) is 2.43. The summed E-state index contributed by atoms with van der Waals surface area (Å²) in [6, 6.07) is 1.80. The van der Waals surface area contributed by atoms with Gasteiger partial charge in [-0.15, -0.1) is 0 Å². The molecule has 0 bridgehead atoms. The van der Waals surface area contributed by atoms with E-state index < -0.39 is 11.0 Å². The van der Waals surface area contributed by atoms with Crippen LogP contribution in [0.3, 0.4) is 0 Å². The first-order chi connectivity index (χ1) is 8.33. The van der Waals surface area contributed by atoms with Crippen LogP contribution in [0, 0.1) is 5.41 Å². The van der Waals surface area contributed by atoms with Gasteiger partial charge in [0.15, 0.2) is 0 Å². The quantitative estimate of drug-likeness (QED) is 0.844. The van der Waals surface area contributed by atoms with E-state index in [2.05, 4.69) is 5.32 Å². The molecule has 0 saturated heterocycles. The molecule has 4 nitrogen and oxygen atoms in total. The number of carbonyl (C=O) groups is 1. The van der Waals surface area contributed by atoms with Crippen molar-refractivity contribution in [3.05, 3.63) is 23.7 Å². The fraction of sp³-hybridized carbons (Fsp3) is 0.643. The minimum absolute atomic E-state index is 0.0495. The summed E-state index contributed by atoms with van der Waals surface area (Å²) in [7, 11) is 0. The average Bonchev–Trinajstić information content (AvgIpc) is 2.74. The van der Waals surface area contributed by atoms with Crippen LogP contribution in [0.1, 0.15) is 44.9 Å². The van der Waals surface area contributed by atoms with Crippen molar-refractivity contribution in [3.63, 3.8) is 0 Å². The van der Waals surface area contributed by atoms with Gasteiger partial charge in [0.05, 0.1) is 12.8 Å². The van der Waals surface area contributed by atoms with Gasteiger partial charge < -0.3 is 14.8 Å². The van der Waals surface area contributed by atoms with Gasteiger partial charge in [0.2, 0.25) is 5.91 Å². The van der Waals surface area contributed by atoms with Crippen molar-refractivity contribution in [1.82, 2.24) is 5.32 Å². The minimum Gasteiger partial charge on any atom is -0.469 e. The first kappa shape index (κ1) is 13.1. The van der Waals surface area contributed by atoms with Gasteiger partial charge in [-0.25, -0.2) is 0 Å². The second-order valence-corrected chi connectivity index (χ2v) is 6.08. The molecule has 1 aromatic rings. The van der Waals surface area contributed by atoms with Gasteiger partial charge in [0.1, 0.15) is 11.4 Å². The molecule has 1 heterocycles. The number of rotatable bonds is 2. The van der Waals surface area contributed by atoms with Gasteiger partial charge in [-0.05, 0) is 18.9 Å². The second kappa shape index (κ2) is 4.43. The molecule has 2 rings (SSSR count). The molecular formula is C14H21NO3. The van der Waals surface area contributed by atoms with Crippen LogP contribution in [-0.4, -0.2) is 17.6 Å². The predicted octanol–water partition coefficient (Wildman–Crippen LogP) is 1.97. The molecule has 1 amide bonds. The van der Waals surface area contributed by atoms with E-state index in [1.807, 2.05) is 20.8 Å². The van der Waals surface area contributed by atoms with E-state index in [1.165, 1.54) is 0 Å². The first-order valence-electron chi connectivity index (χ1n) is 6.40. The maximum atomic E-state index is 11.9. The minimum atomic E-state index is -0.985. The van der Waals surface area contributed by atoms with Crippen molar-refractivity contribution in [3.8, 4) is 0 Å². The van der Waals surface area contributed by atoms with Gasteiger partial charge in [-0.3, -0.25) is 4.79 Å². The SMILES string of the molecule is CC(C)(C)C(=O)NCC1(O)CCCc2occc21. The molecule has 0 spiro atoms. The number of aryl methyl sites for hydroxylation is 1. The van der Waals surface area contributed by atoms with Crippen molar-refractivity contribution in [2.24, 2.45) is 5.41 Å². The summed E-state index contributed by atoms with van der Waals surface area (Å²) in [6.07, 6.45) is 4.00. The zero-order valence-corrected chi connectivity index (χ0v) is 11.2. The van der Waals surface area contributed by atoms with Crippen molar-refractivity contribution < 1.29 is 14.3 Å². The van der Waals surface area contributed by atoms with Crippen LogP contribution in [-0.2, 0) is 16.8 Å². The fourth-order valence-electron chi connectivity index (χ4n) is 2.30. The summed E-state index contributed by atoms with van der Waals surface area (Å²) in [5, 5.41) is 13.5. The molecule has 1 aliphatic carbocycles. The van der Waals surface area contributed by atoms with Gasteiger partial charge in [-0.1, -0.05) is 20.8 Å². The van der Waals surface area contributed by atoms with Gasteiger partial charge >= 0.3 is 0 Å². The monoisotopic (exact) mass is 251 g/mol. The number of nitrogens with one attached hydrogen (secondary N) is 1. The maximum Gasteiger partial charge on any atom is 0.225 e. The van der Waals surface area contributed by atoms with Crippen molar-refractivity contribution in [2.75, 3.05) is 6.54 Å². The van der Waals surface area contributed by atoms with E-state index >= 15 is 0 Å². The fourth-order valence-corrected chi connectivity index (χ4v) is 2.30. The topological polar surface area (TPSA) is 62.5 Å². The Kier molecular flexibility index (Phi) is 3.23. The molecule has 2 N–H and O–H groups in total. The lowest BCUT2D eigenvalue weighted by Gasteiger charge is -2.32. The molecule has 0 saturated carbocycles. The standard InChI is InChI=1S/C14H21NO3/c1-13(2,3)12(16)15-9-14(17)7-4-5-11-10(14)6-8-18-11/h6,8,17H,4-5,7,9H2,1-3H3,(H,15,16). The van der Waals surface area contributed by atoms with Crippen LogP contribution < -0.4 is 5.32 Å². The molecule has 1 unspecified atom stereocenters. The summed E-state index contributed by atoms with van der Waals surface area (Å²) in [5.41, 5.74) is -0.603. The number of hydrogen-bond donors (Lipinski definition) is 2. The second-order valence-electron chi connectivity index (χ2n) is 6.08. The number of fused-ring (bicyclic) bond motifs is 1. The number of hydrogen-bond acceptors (Lipinski definition) is 3. The lowest BCUT2D eigenvalue weighted by atomic mass is 9.82. The van der Waals surface area contributed by atoms with E-state index in [9.17, 15) is 9.90 Å². The van der Waals surface area contributed by atoms with Crippen LogP contribution in [0.4, 0.5) is 0 Å². The Bertz CT molecular complexity index is 444. The molecule has 0 radical (unpaired) electrons. The molecule has 1 aliphatic rings. The maximum absolute atomic E-state index is 11.9. The highest BCUT2D eigenvalue weighted by Gasteiger charge is 2.37. The Morgan fingerprint density at radius 2 is 2.28 bits per heavy atom. The largest absolute Gasteiger partial charge is 0.469 e. The Hall–Kier alpha value is -1.29. The summed E-state index contributed by atoms with van der Waals surface area (Å²) >= 11 is 0. The van der Waals surface area contributed by atoms with Crippen LogP contribution in [0.15, 0.2) is 16.7 Å². The predicted molar refractivity (Wildman–Crippen MR) is 68.0 cm³/mol. The van der Waals surface area contributed by atoms with Crippen molar-refractivity contribution >= 4 is 5.91 Å². The van der Waals surface area contributed by atoms with E-state index in [4.69, 9.17) is 4.42 Å². The summed E-state index contributed by atoms with van der Waals surface area (Å²) in [4.78, 5) is 11.9. The Balaban J connectivity index is 2.09.